The van der Waals surface area contributed by atoms with Crippen molar-refractivity contribution in [3.05, 3.63) is 0 Å². The van der Waals surface area contributed by atoms with E-state index in [-0.39, 0.29) is 5.75 Å². The largest absolute Gasteiger partial charge is 0.385 e. The summed E-state index contributed by atoms with van der Waals surface area (Å²) >= 11 is 0. The second kappa shape index (κ2) is 5.50. The van der Waals surface area contributed by atoms with Crippen molar-refractivity contribution in [2.75, 3.05) is 19.5 Å². The number of sulfonamides is 1. The van der Waals surface area contributed by atoms with Gasteiger partial charge in [0.25, 0.3) is 0 Å². The molecule has 12 heavy (non-hydrogen) atoms. The van der Waals surface area contributed by atoms with Crippen LogP contribution in [0.2, 0.25) is 0 Å². The van der Waals surface area contributed by atoms with Crippen molar-refractivity contribution in [2.24, 2.45) is 11.1 Å². The Balaban J connectivity index is 3.51. The Kier molecular flexibility index (Phi) is 5.44. The molecular formula is C7H17NO3S. The molecule has 5 heteroatoms. The number of hydrogen-bond donors (Lipinski definition) is 1. The van der Waals surface area contributed by atoms with Crippen LogP contribution in [0.15, 0.2) is 0 Å². The molecule has 0 saturated carbocycles. The Labute approximate surface area is 74.1 Å². The Morgan fingerprint density at radius 1 is 1.42 bits per heavy atom. The average molecular weight is 195 g/mol. The zero-order valence-corrected chi connectivity index (χ0v) is 8.43. The van der Waals surface area contributed by atoms with Gasteiger partial charge >= 0.3 is 0 Å². The summed E-state index contributed by atoms with van der Waals surface area (Å²) in [5, 5.41) is 4.85. The maximum Gasteiger partial charge on any atom is 0.209 e. The van der Waals surface area contributed by atoms with E-state index in [1.165, 1.54) is 0 Å². The molecule has 0 aromatic heterocycles. The molecule has 74 valence electrons. The summed E-state index contributed by atoms with van der Waals surface area (Å²) < 4.78 is 26.0. The Bertz CT molecular complexity index is 201. The van der Waals surface area contributed by atoms with E-state index in [0.717, 1.165) is 6.42 Å². The lowest BCUT2D eigenvalue weighted by Crippen LogP contribution is -2.18. The van der Waals surface area contributed by atoms with E-state index in [0.29, 0.717) is 18.9 Å². The van der Waals surface area contributed by atoms with Crippen molar-refractivity contribution in [1.82, 2.24) is 0 Å². The number of ether oxygens (including phenoxy) is 1. The normalized spacial score (nSPS) is 14.6. The third-order valence-electron chi connectivity index (χ3n) is 1.71. The van der Waals surface area contributed by atoms with Gasteiger partial charge in [0.2, 0.25) is 10.0 Å². The van der Waals surface area contributed by atoms with Crippen LogP contribution in [-0.4, -0.2) is 27.9 Å². The zero-order valence-electron chi connectivity index (χ0n) is 7.62. The molecule has 0 spiro atoms. The molecule has 4 nitrogen and oxygen atoms in total. The van der Waals surface area contributed by atoms with Crippen LogP contribution in [0, 0.1) is 5.92 Å². The van der Waals surface area contributed by atoms with Gasteiger partial charge < -0.3 is 4.74 Å². The molecule has 0 aliphatic carbocycles. The van der Waals surface area contributed by atoms with Gasteiger partial charge in [-0.15, -0.1) is 0 Å². The van der Waals surface area contributed by atoms with Gasteiger partial charge in [-0.3, -0.25) is 0 Å². The predicted molar refractivity (Wildman–Crippen MR) is 48.2 cm³/mol. The molecule has 0 radical (unpaired) electrons. The van der Waals surface area contributed by atoms with Crippen LogP contribution in [0.5, 0.6) is 0 Å². The number of methoxy groups -OCH3 is 1. The van der Waals surface area contributed by atoms with Gasteiger partial charge in [0, 0.05) is 13.7 Å². The van der Waals surface area contributed by atoms with E-state index in [4.69, 9.17) is 9.88 Å². The summed E-state index contributed by atoms with van der Waals surface area (Å²) in [5.74, 6) is 0.418. The Morgan fingerprint density at radius 2 is 2.00 bits per heavy atom. The van der Waals surface area contributed by atoms with Gasteiger partial charge in [-0.25, -0.2) is 13.6 Å². The first kappa shape index (κ1) is 11.9. The highest BCUT2D eigenvalue weighted by molar-refractivity contribution is 7.89. The van der Waals surface area contributed by atoms with Crippen LogP contribution in [-0.2, 0) is 14.8 Å². The zero-order chi connectivity index (χ0) is 9.61. The average Bonchev–Trinajstić information content (AvgIpc) is 1.95. The molecule has 0 aliphatic rings. The number of primary sulfonamides is 1. The van der Waals surface area contributed by atoms with Crippen molar-refractivity contribution in [1.29, 1.82) is 0 Å². The Morgan fingerprint density at radius 3 is 2.42 bits per heavy atom. The van der Waals surface area contributed by atoms with Gasteiger partial charge in [0.05, 0.1) is 5.75 Å². The fourth-order valence-electron chi connectivity index (χ4n) is 0.829. The lowest BCUT2D eigenvalue weighted by molar-refractivity contribution is 0.179. The van der Waals surface area contributed by atoms with Crippen LogP contribution in [0.25, 0.3) is 0 Å². The van der Waals surface area contributed by atoms with Gasteiger partial charge in [-0.2, -0.15) is 0 Å². The second-order valence-corrected chi connectivity index (χ2v) is 4.78. The molecule has 0 aromatic rings. The summed E-state index contributed by atoms with van der Waals surface area (Å²) in [6.07, 6.45) is 1.49. The lowest BCUT2D eigenvalue weighted by Gasteiger charge is -2.08. The standard InChI is InChI=1S/C7H17NO3S/c1-7(3-5-11-2)4-6-12(8,9)10/h7H,3-6H2,1-2H3,(H2,8,9,10). The van der Waals surface area contributed by atoms with Crippen LogP contribution in [0.4, 0.5) is 0 Å². The van der Waals surface area contributed by atoms with Gasteiger partial charge in [-0.1, -0.05) is 6.92 Å². The highest BCUT2D eigenvalue weighted by Gasteiger charge is 2.07. The van der Waals surface area contributed by atoms with Crippen molar-refractivity contribution >= 4 is 10.0 Å². The third-order valence-corrected chi connectivity index (χ3v) is 2.51. The van der Waals surface area contributed by atoms with Crippen LogP contribution < -0.4 is 5.14 Å². The maximum absolute atomic E-state index is 10.6. The van der Waals surface area contributed by atoms with Crippen LogP contribution in [0.3, 0.4) is 0 Å². The molecule has 0 amide bonds. The molecule has 1 unspecified atom stereocenters. The minimum Gasteiger partial charge on any atom is -0.385 e. The van der Waals surface area contributed by atoms with Crippen molar-refractivity contribution in [2.45, 2.75) is 19.8 Å². The van der Waals surface area contributed by atoms with E-state index in [1.807, 2.05) is 6.92 Å². The SMILES string of the molecule is COCCC(C)CCS(N)(=O)=O. The lowest BCUT2D eigenvalue weighted by atomic mass is 10.1. The second-order valence-electron chi connectivity index (χ2n) is 3.04. The van der Waals surface area contributed by atoms with Crippen LogP contribution in [0.1, 0.15) is 19.8 Å². The van der Waals surface area contributed by atoms with Gasteiger partial charge in [0.15, 0.2) is 0 Å². The molecule has 0 aliphatic heterocycles. The summed E-state index contributed by atoms with van der Waals surface area (Å²) in [7, 11) is -1.65. The molecule has 0 fully saturated rings. The molecule has 0 rings (SSSR count). The summed E-state index contributed by atoms with van der Waals surface area (Å²) in [6.45, 7) is 2.66. The quantitative estimate of drug-likeness (QED) is 0.664. The van der Waals surface area contributed by atoms with Crippen LogP contribution >= 0.6 is 0 Å². The smallest absolute Gasteiger partial charge is 0.209 e. The molecule has 1 atom stereocenters. The highest BCUT2D eigenvalue weighted by Crippen LogP contribution is 2.07. The molecule has 2 N–H and O–H groups in total. The number of rotatable bonds is 6. The van der Waals surface area contributed by atoms with E-state index in [1.54, 1.807) is 7.11 Å². The first-order valence-electron chi connectivity index (χ1n) is 3.95. The van der Waals surface area contributed by atoms with Crippen molar-refractivity contribution in [3.63, 3.8) is 0 Å². The highest BCUT2D eigenvalue weighted by atomic mass is 32.2. The van der Waals surface area contributed by atoms with E-state index in [9.17, 15) is 8.42 Å². The monoisotopic (exact) mass is 195 g/mol. The maximum atomic E-state index is 10.6. The fourth-order valence-corrected chi connectivity index (χ4v) is 1.56. The van der Waals surface area contributed by atoms with Crippen molar-refractivity contribution in [3.8, 4) is 0 Å². The topological polar surface area (TPSA) is 69.4 Å². The third kappa shape index (κ3) is 7.97. The molecule has 0 bridgehead atoms. The van der Waals surface area contributed by atoms with E-state index >= 15 is 0 Å². The van der Waals surface area contributed by atoms with Gasteiger partial charge in [-0.05, 0) is 18.8 Å². The first-order valence-corrected chi connectivity index (χ1v) is 5.66. The summed E-state index contributed by atoms with van der Waals surface area (Å²) in [5.41, 5.74) is 0. The molecule has 0 aromatic carbocycles. The molecular weight excluding hydrogens is 178 g/mol. The number of nitrogens with two attached hydrogens (primary N) is 1. The Hall–Kier alpha value is -0.130. The minimum absolute atomic E-state index is 0.0673. The van der Waals surface area contributed by atoms with Crippen molar-refractivity contribution < 1.29 is 13.2 Å². The van der Waals surface area contributed by atoms with Gasteiger partial charge in [0.1, 0.15) is 0 Å². The molecule has 0 saturated heterocycles. The number of hydrogen-bond acceptors (Lipinski definition) is 3. The predicted octanol–water partition coefficient (Wildman–Crippen LogP) is 0.338. The summed E-state index contributed by atoms with van der Waals surface area (Å²) in [6, 6.07) is 0. The summed E-state index contributed by atoms with van der Waals surface area (Å²) in [4.78, 5) is 0. The molecule has 0 heterocycles. The minimum atomic E-state index is -3.29. The van der Waals surface area contributed by atoms with E-state index in [2.05, 4.69) is 0 Å². The first-order chi connectivity index (χ1) is 5.45. The fraction of sp³-hybridized carbons (Fsp3) is 1.00. The van der Waals surface area contributed by atoms with E-state index < -0.39 is 10.0 Å².